The topological polar surface area (TPSA) is 191 Å². The van der Waals surface area contributed by atoms with Gasteiger partial charge in [-0.1, -0.05) is 60.2 Å². The third-order valence-electron chi connectivity index (χ3n) is 7.14. The Kier molecular flexibility index (Phi) is 9.68. The highest BCUT2D eigenvalue weighted by atomic mass is 32.2. The van der Waals surface area contributed by atoms with Crippen LogP contribution < -0.4 is 25.1 Å². The predicted octanol–water partition coefficient (Wildman–Crippen LogP) is 4.39. The van der Waals surface area contributed by atoms with Gasteiger partial charge in [0.2, 0.25) is 0 Å². The number of ether oxygens (including phenoxy) is 2. The minimum Gasteiger partial charge on any atom is -0.551 e. The van der Waals surface area contributed by atoms with E-state index < -0.39 is 52.0 Å². The van der Waals surface area contributed by atoms with Crippen LogP contribution in [0.15, 0.2) is 124 Å². The van der Waals surface area contributed by atoms with Crippen molar-refractivity contribution in [1.29, 1.82) is 0 Å². The Morgan fingerprint density at radius 3 is 1.69 bits per heavy atom. The van der Waals surface area contributed by atoms with Crippen molar-refractivity contribution in [2.24, 2.45) is 0 Å². The van der Waals surface area contributed by atoms with Gasteiger partial charge in [0.05, 0.1) is 12.0 Å². The van der Waals surface area contributed by atoms with E-state index in [0.717, 1.165) is 41.0 Å². The van der Waals surface area contributed by atoms with Gasteiger partial charge in [0.25, 0.3) is 30.4 Å². The molecule has 5 rings (SSSR count). The lowest BCUT2D eigenvalue weighted by atomic mass is 9.55. The van der Waals surface area contributed by atoms with Crippen molar-refractivity contribution in [2.45, 2.75) is 21.6 Å². The van der Waals surface area contributed by atoms with Crippen LogP contribution in [0.4, 0.5) is 0 Å². The van der Waals surface area contributed by atoms with Crippen LogP contribution in [0.5, 0.6) is 23.0 Å². The average molecular weight is 711 g/mol. The first-order valence-corrected chi connectivity index (χ1v) is 18.2. The summed E-state index contributed by atoms with van der Waals surface area (Å²) in [5, 5.41) is 0. The molecule has 0 atom stereocenters. The van der Waals surface area contributed by atoms with E-state index >= 15 is 0 Å². The van der Waals surface area contributed by atoms with Crippen LogP contribution in [-0.2, 0) is 30.4 Å². The van der Waals surface area contributed by atoms with Crippen molar-refractivity contribution in [3.63, 3.8) is 0 Å². The van der Waals surface area contributed by atoms with E-state index in [4.69, 9.17) is 14.1 Å². The molecule has 248 valence electrons. The first kappa shape index (κ1) is 34.6. The lowest BCUT2D eigenvalue weighted by Gasteiger charge is -2.19. The summed E-state index contributed by atoms with van der Waals surface area (Å²) in [4.78, 5) is -1.80. The smallest absolute Gasteiger partial charge is 0.426 e. The lowest BCUT2D eigenvalue weighted by molar-refractivity contribution is 0.397. The number of methoxy groups -OCH3 is 1. The first-order chi connectivity index (χ1) is 22.5. The molecule has 3 N–H and O–H groups in total. The van der Waals surface area contributed by atoms with Gasteiger partial charge in [-0.3, -0.25) is 13.7 Å². The second kappa shape index (κ2) is 13.4. The molecule has 12 nitrogen and oxygen atoms in total. The van der Waals surface area contributed by atoms with E-state index in [2.05, 4.69) is 0 Å². The summed E-state index contributed by atoms with van der Waals surface area (Å²) in [7, 11) is -13.2. The number of aryl methyl sites for hydroxylation is 1. The van der Waals surface area contributed by atoms with E-state index in [1.165, 1.54) is 43.5 Å². The van der Waals surface area contributed by atoms with Gasteiger partial charge < -0.3 is 14.1 Å². The van der Waals surface area contributed by atoms with Crippen LogP contribution in [-0.4, -0.2) is 52.9 Å². The Morgan fingerprint density at radius 1 is 0.562 bits per heavy atom. The highest BCUT2D eigenvalue weighted by molar-refractivity contribution is 7.86. The Labute approximate surface area is 277 Å². The number of benzene rings is 5. The fourth-order valence-corrected chi connectivity index (χ4v) is 6.65. The minimum atomic E-state index is -4.90. The molecule has 0 radical (unpaired) electrons. The molecule has 0 saturated heterocycles. The highest BCUT2D eigenvalue weighted by Gasteiger charge is 2.30. The van der Waals surface area contributed by atoms with Crippen molar-refractivity contribution in [1.82, 2.24) is 0 Å². The molecule has 0 aliphatic heterocycles. The Balaban J connectivity index is 1.55. The molecule has 0 fully saturated rings. The fraction of sp³-hybridized carbons (Fsp3) is 0.0625. The zero-order valence-corrected chi connectivity index (χ0v) is 27.7. The predicted molar refractivity (Wildman–Crippen MR) is 178 cm³/mol. The fourth-order valence-electron chi connectivity index (χ4n) is 4.80. The summed E-state index contributed by atoms with van der Waals surface area (Å²) in [6.07, 6.45) is 0. The molecule has 48 heavy (non-hydrogen) atoms. The van der Waals surface area contributed by atoms with Crippen molar-refractivity contribution >= 4 is 48.2 Å². The SMILES string of the molecule is COc1ccc(B(Oc2ccc(Oc3ccc(-c4ccc(C)cc4)cc3)c(S(=O)(=O)O)c2)c2cccc(S(=O)(=O)O)c2)cc1S(=O)(=O)O. The molecule has 16 heteroatoms. The zero-order valence-electron chi connectivity index (χ0n) is 25.2. The standard InChI is InChI=1S/C32H27BO12S3/c1-21-6-8-22(9-7-21)23-10-13-26(14-11-23)44-30-17-15-27(20-32(30)48(40,41)42)45-33(24-4-3-5-28(18-24)46(34,35)36)25-12-16-29(43-2)31(19-25)47(37,38)39/h3-20H,1-2H3,(H,34,35,36)(H,37,38,39)(H,40,41,42). The number of rotatable bonds is 11. The zero-order chi connectivity index (χ0) is 34.9. The summed E-state index contributed by atoms with van der Waals surface area (Å²) in [5.74, 6) is -0.346. The second-order valence-electron chi connectivity index (χ2n) is 10.5. The van der Waals surface area contributed by atoms with Crippen LogP contribution in [0.3, 0.4) is 0 Å². The molecule has 0 heterocycles. The van der Waals surface area contributed by atoms with Gasteiger partial charge in [-0.2, -0.15) is 25.3 Å². The summed E-state index contributed by atoms with van der Waals surface area (Å²) in [5.41, 5.74) is 3.09. The molecule has 0 spiro atoms. The molecule has 0 amide bonds. The van der Waals surface area contributed by atoms with E-state index in [9.17, 15) is 38.9 Å². The molecule has 0 aliphatic carbocycles. The minimum absolute atomic E-state index is 0.0540. The van der Waals surface area contributed by atoms with Gasteiger partial charge >= 0.3 is 6.92 Å². The van der Waals surface area contributed by atoms with Crippen molar-refractivity contribution in [3.8, 4) is 34.1 Å². The van der Waals surface area contributed by atoms with E-state index in [0.29, 0.717) is 0 Å². The van der Waals surface area contributed by atoms with Crippen LogP contribution in [0, 0.1) is 6.92 Å². The summed E-state index contributed by atoms with van der Waals surface area (Å²) in [6.45, 7) is 0.623. The summed E-state index contributed by atoms with van der Waals surface area (Å²) < 4.78 is 119. The van der Waals surface area contributed by atoms with Crippen LogP contribution in [0.2, 0.25) is 0 Å². The highest BCUT2D eigenvalue weighted by Crippen LogP contribution is 2.33. The Morgan fingerprint density at radius 2 is 1.10 bits per heavy atom. The molecular weight excluding hydrogens is 683 g/mol. The summed E-state index contributed by atoms with van der Waals surface area (Å²) in [6, 6.07) is 26.7. The quantitative estimate of drug-likeness (QED) is 0.130. The van der Waals surface area contributed by atoms with Crippen molar-refractivity contribution in [3.05, 3.63) is 115 Å². The van der Waals surface area contributed by atoms with E-state index in [-0.39, 0.29) is 33.9 Å². The van der Waals surface area contributed by atoms with E-state index in [1.807, 2.05) is 31.2 Å². The maximum atomic E-state index is 12.5. The number of hydrogen-bond donors (Lipinski definition) is 3. The third kappa shape index (κ3) is 8.04. The summed E-state index contributed by atoms with van der Waals surface area (Å²) >= 11 is 0. The largest absolute Gasteiger partial charge is 0.551 e. The van der Waals surface area contributed by atoms with Crippen LogP contribution in [0.1, 0.15) is 5.56 Å². The normalized spacial score (nSPS) is 11.9. The van der Waals surface area contributed by atoms with Crippen molar-refractivity contribution < 1.29 is 53.0 Å². The molecule has 0 bridgehead atoms. The maximum absolute atomic E-state index is 12.5. The molecule has 0 unspecified atom stereocenters. The van der Waals surface area contributed by atoms with Gasteiger partial charge in [-0.15, -0.1) is 0 Å². The number of hydrogen-bond acceptors (Lipinski definition) is 9. The molecule has 5 aromatic rings. The average Bonchev–Trinajstić information content (AvgIpc) is 3.03. The second-order valence-corrected chi connectivity index (χ2v) is 14.7. The van der Waals surface area contributed by atoms with Crippen molar-refractivity contribution in [2.75, 3.05) is 7.11 Å². The van der Waals surface area contributed by atoms with Crippen LogP contribution >= 0.6 is 0 Å². The van der Waals surface area contributed by atoms with Gasteiger partial charge in [-0.25, -0.2) is 0 Å². The van der Waals surface area contributed by atoms with Gasteiger partial charge in [0.15, 0.2) is 0 Å². The molecule has 0 aromatic heterocycles. The first-order valence-electron chi connectivity index (χ1n) is 13.9. The van der Waals surface area contributed by atoms with Gasteiger partial charge in [0.1, 0.15) is 32.8 Å². The maximum Gasteiger partial charge on any atom is 0.426 e. The molecule has 0 saturated carbocycles. The van der Waals surface area contributed by atoms with Gasteiger partial charge in [0, 0.05) is 6.07 Å². The lowest BCUT2D eigenvalue weighted by Crippen LogP contribution is -2.48. The van der Waals surface area contributed by atoms with E-state index in [1.54, 1.807) is 24.3 Å². The Bertz CT molecular complexity index is 2310. The third-order valence-corrected chi connectivity index (χ3v) is 9.74. The Hall–Kier alpha value is -4.71. The molecule has 5 aromatic carbocycles. The van der Waals surface area contributed by atoms with Crippen LogP contribution in [0.25, 0.3) is 11.1 Å². The molecular formula is C32H27BO12S3. The monoisotopic (exact) mass is 710 g/mol. The van der Waals surface area contributed by atoms with Gasteiger partial charge in [-0.05, 0) is 77.5 Å². The molecule has 0 aliphatic rings.